The molecule has 2 aromatic carbocycles. The zero-order valence-corrected chi connectivity index (χ0v) is 16.6. The maximum atomic E-state index is 13.8. The van der Waals surface area contributed by atoms with Crippen molar-refractivity contribution in [3.8, 4) is 22.8 Å². The minimum atomic E-state index is -0.304. The van der Waals surface area contributed by atoms with Crippen molar-refractivity contribution in [1.82, 2.24) is 35.5 Å². The van der Waals surface area contributed by atoms with Crippen LogP contribution in [-0.2, 0) is 6.42 Å². The Morgan fingerprint density at radius 2 is 1.94 bits per heavy atom. The molecule has 0 aliphatic rings. The number of ether oxygens (including phenoxy) is 1. The topological polar surface area (TPSA) is 108 Å². The van der Waals surface area contributed by atoms with Gasteiger partial charge in [0.15, 0.2) is 0 Å². The van der Waals surface area contributed by atoms with Crippen molar-refractivity contribution < 1.29 is 13.9 Å². The molecule has 0 saturated carbocycles. The van der Waals surface area contributed by atoms with Gasteiger partial charge in [-0.1, -0.05) is 18.2 Å². The molecule has 31 heavy (non-hydrogen) atoms. The summed E-state index contributed by atoms with van der Waals surface area (Å²) in [7, 11) is 1.48. The lowest BCUT2D eigenvalue weighted by Crippen LogP contribution is -2.26. The highest BCUT2D eigenvalue weighted by molar-refractivity contribution is 5.96. The van der Waals surface area contributed by atoms with Gasteiger partial charge in [0, 0.05) is 30.1 Å². The number of aromatic nitrogens is 6. The van der Waals surface area contributed by atoms with E-state index in [9.17, 15) is 9.18 Å². The molecule has 0 spiro atoms. The Hall–Kier alpha value is -4.21. The van der Waals surface area contributed by atoms with Crippen LogP contribution in [0.15, 0.2) is 61.2 Å². The van der Waals surface area contributed by atoms with Crippen molar-refractivity contribution in [1.29, 1.82) is 0 Å². The second kappa shape index (κ2) is 9.08. The molecule has 0 radical (unpaired) electrons. The predicted octanol–water partition coefficient (Wildman–Crippen LogP) is 2.24. The van der Waals surface area contributed by atoms with Crippen LogP contribution >= 0.6 is 0 Å². The summed E-state index contributed by atoms with van der Waals surface area (Å²) in [4.78, 5) is 21.0. The van der Waals surface area contributed by atoms with Gasteiger partial charge in [-0.3, -0.25) is 4.79 Å². The Kier molecular flexibility index (Phi) is 5.88. The molecule has 0 unspecified atom stereocenters. The van der Waals surface area contributed by atoms with E-state index in [1.807, 2.05) is 6.07 Å². The monoisotopic (exact) mass is 419 g/mol. The molecule has 1 N–H and O–H groups in total. The van der Waals surface area contributed by atoms with E-state index in [0.717, 1.165) is 0 Å². The molecular formula is C21H18FN7O2. The lowest BCUT2D eigenvalue weighted by atomic mass is 10.0. The smallest absolute Gasteiger partial charge is 0.316 e. The first-order chi connectivity index (χ1) is 15.1. The minimum Gasteiger partial charge on any atom is -0.467 e. The number of hydrogen-bond donors (Lipinski definition) is 1. The molecule has 0 saturated heterocycles. The Labute approximate surface area is 176 Å². The van der Waals surface area contributed by atoms with Crippen LogP contribution < -0.4 is 10.1 Å². The number of halogens is 1. The Morgan fingerprint density at radius 1 is 1.13 bits per heavy atom. The van der Waals surface area contributed by atoms with Crippen LogP contribution in [0.25, 0.3) is 16.8 Å². The fourth-order valence-corrected chi connectivity index (χ4v) is 3.01. The van der Waals surface area contributed by atoms with E-state index in [1.54, 1.807) is 42.7 Å². The molecule has 9 nitrogen and oxygen atoms in total. The molecule has 1 amide bonds. The molecule has 0 atom stereocenters. The van der Waals surface area contributed by atoms with E-state index >= 15 is 0 Å². The summed E-state index contributed by atoms with van der Waals surface area (Å²) < 4.78 is 20.2. The third-order valence-electron chi connectivity index (χ3n) is 4.58. The number of rotatable bonds is 7. The summed E-state index contributed by atoms with van der Waals surface area (Å²) >= 11 is 0. The first kappa shape index (κ1) is 20.1. The fourth-order valence-electron chi connectivity index (χ4n) is 3.01. The summed E-state index contributed by atoms with van der Waals surface area (Å²) in [6.07, 6.45) is 5.02. The molecule has 2 aromatic heterocycles. The van der Waals surface area contributed by atoms with Crippen molar-refractivity contribution in [2.75, 3.05) is 13.7 Å². The van der Waals surface area contributed by atoms with Crippen LogP contribution in [0.4, 0.5) is 4.39 Å². The SMILES string of the molecule is COc1ncc(-c2cc(C(=O)NCCc3ccccc3F)cc(-n3cnnn3)c2)cn1. The third kappa shape index (κ3) is 4.69. The quantitative estimate of drug-likeness (QED) is 0.489. The van der Waals surface area contributed by atoms with Crippen molar-refractivity contribution in [3.63, 3.8) is 0 Å². The van der Waals surface area contributed by atoms with E-state index in [0.29, 0.717) is 34.4 Å². The van der Waals surface area contributed by atoms with Crippen molar-refractivity contribution >= 4 is 5.91 Å². The first-order valence-electron chi connectivity index (χ1n) is 9.40. The van der Waals surface area contributed by atoms with Gasteiger partial charge in [-0.05, 0) is 52.2 Å². The molecule has 0 bridgehead atoms. The van der Waals surface area contributed by atoms with Gasteiger partial charge < -0.3 is 10.1 Å². The highest BCUT2D eigenvalue weighted by atomic mass is 19.1. The van der Waals surface area contributed by atoms with E-state index < -0.39 is 0 Å². The second-order valence-corrected chi connectivity index (χ2v) is 6.58. The molecule has 0 aliphatic carbocycles. The predicted molar refractivity (Wildman–Crippen MR) is 109 cm³/mol. The van der Waals surface area contributed by atoms with Gasteiger partial charge in [0.2, 0.25) is 0 Å². The van der Waals surface area contributed by atoms with Gasteiger partial charge in [0.05, 0.1) is 12.8 Å². The van der Waals surface area contributed by atoms with E-state index in [2.05, 4.69) is 30.8 Å². The molecular weight excluding hydrogens is 401 g/mol. The van der Waals surface area contributed by atoms with Gasteiger partial charge in [-0.2, -0.15) is 0 Å². The molecule has 10 heteroatoms. The maximum Gasteiger partial charge on any atom is 0.316 e. The summed E-state index contributed by atoms with van der Waals surface area (Å²) in [5, 5.41) is 14.0. The molecule has 156 valence electrons. The van der Waals surface area contributed by atoms with Crippen molar-refractivity contribution in [2.45, 2.75) is 6.42 Å². The number of amides is 1. The molecule has 4 rings (SSSR count). The zero-order chi connectivity index (χ0) is 21.6. The number of tetrazole rings is 1. The first-order valence-corrected chi connectivity index (χ1v) is 9.40. The summed E-state index contributed by atoms with van der Waals surface area (Å²) in [5.41, 5.74) is 2.93. The summed E-state index contributed by atoms with van der Waals surface area (Å²) in [5.74, 6) is -0.596. The molecule has 0 fully saturated rings. The van der Waals surface area contributed by atoms with Crippen LogP contribution in [0.2, 0.25) is 0 Å². The molecule has 2 heterocycles. The van der Waals surface area contributed by atoms with Gasteiger partial charge in [-0.25, -0.2) is 19.0 Å². The number of hydrogen-bond acceptors (Lipinski definition) is 7. The molecule has 0 aliphatic heterocycles. The minimum absolute atomic E-state index is 0.242. The number of benzene rings is 2. The average Bonchev–Trinajstić information content (AvgIpc) is 3.35. The Bertz CT molecular complexity index is 1180. The standard InChI is InChI=1S/C21H18FN7O2/c1-31-21-24-11-17(12-25-21)15-8-16(10-18(9-15)29-13-26-27-28-29)20(30)23-7-6-14-4-2-3-5-19(14)22/h2-5,8-13H,6-7H2,1H3,(H,23,30). The van der Waals surface area contributed by atoms with Gasteiger partial charge in [0.1, 0.15) is 12.1 Å². The van der Waals surface area contributed by atoms with Crippen LogP contribution in [0, 0.1) is 5.82 Å². The highest BCUT2D eigenvalue weighted by Gasteiger charge is 2.13. The lowest BCUT2D eigenvalue weighted by Gasteiger charge is -2.11. The molecule has 4 aromatic rings. The number of nitrogens with zero attached hydrogens (tertiary/aromatic N) is 6. The lowest BCUT2D eigenvalue weighted by molar-refractivity contribution is 0.0954. The highest BCUT2D eigenvalue weighted by Crippen LogP contribution is 2.24. The maximum absolute atomic E-state index is 13.8. The number of nitrogens with one attached hydrogen (secondary N) is 1. The largest absolute Gasteiger partial charge is 0.467 e. The zero-order valence-electron chi connectivity index (χ0n) is 16.6. The number of carbonyl (C=O) groups excluding carboxylic acids is 1. The third-order valence-corrected chi connectivity index (χ3v) is 4.58. The fraction of sp³-hybridized carbons (Fsp3) is 0.143. The van der Waals surface area contributed by atoms with E-state index in [1.165, 1.54) is 24.2 Å². The normalized spacial score (nSPS) is 10.6. The number of methoxy groups -OCH3 is 1. The van der Waals surface area contributed by atoms with Crippen molar-refractivity contribution in [3.05, 3.63) is 78.1 Å². The van der Waals surface area contributed by atoms with Crippen molar-refractivity contribution in [2.24, 2.45) is 0 Å². The second-order valence-electron chi connectivity index (χ2n) is 6.58. The average molecular weight is 419 g/mol. The van der Waals surface area contributed by atoms with Crippen LogP contribution in [-0.4, -0.2) is 49.7 Å². The van der Waals surface area contributed by atoms with Gasteiger partial charge in [0.25, 0.3) is 5.91 Å². The van der Waals surface area contributed by atoms with E-state index in [-0.39, 0.29) is 24.3 Å². The van der Waals surface area contributed by atoms with E-state index in [4.69, 9.17) is 4.74 Å². The van der Waals surface area contributed by atoms with Gasteiger partial charge >= 0.3 is 6.01 Å². The number of carbonyl (C=O) groups is 1. The Balaban J connectivity index is 1.58. The van der Waals surface area contributed by atoms with Crippen LogP contribution in [0.3, 0.4) is 0 Å². The van der Waals surface area contributed by atoms with Crippen LogP contribution in [0.5, 0.6) is 6.01 Å². The summed E-state index contributed by atoms with van der Waals surface area (Å²) in [6, 6.07) is 11.9. The Morgan fingerprint density at radius 3 is 2.65 bits per heavy atom. The summed E-state index contributed by atoms with van der Waals surface area (Å²) in [6.45, 7) is 0.288. The van der Waals surface area contributed by atoms with Gasteiger partial charge in [-0.15, -0.1) is 5.10 Å². The van der Waals surface area contributed by atoms with Crippen LogP contribution in [0.1, 0.15) is 15.9 Å².